The van der Waals surface area contributed by atoms with Crippen molar-refractivity contribution < 1.29 is 15.4 Å². The fraction of sp³-hybridized carbons (Fsp3) is 0.0690. The molecule has 0 radical (unpaired) electrons. The maximum atomic E-state index is 13.3. The van der Waals surface area contributed by atoms with Crippen LogP contribution in [0.3, 0.4) is 0 Å². The van der Waals surface area contributed by atoms with Gasteiger partial charge in [0.15, 0.2) is 0 Å². The third-order valence-electron chi connectivity index (χ3n) is 5.87. The summed E-state index contributed by atoms with van der Waals surface area (Å²) in [6.45, 7) is 3.86. The molecule has 0 atom stereocenters. The zero-order chi connectivity index (χ0) is 26.1. The number of benzene rings is 2. The van der Waals surface area contributed by atoms with Crippen LogP contribution in [0.15, 0.2) is 90.3 Å². The van der Waals surface area contributed by atoms with Crippen LogP contribution in [-0.4, -0.2) is 33.2 Å². The number of thiophene rings is 2. The molecule has 0 spiro atoms. The molecule has 186 valence electrons. The Kier molecular flexibility index (Phi) is 6.90. The first-order valence-electron chi connectivity index (χ1n) is 11.9. The topological polar surface area (TPSA) is 70.5 Å². The number of carbonyl (C=O) groups excluding carboxylic acids is 1. The number of rotatable bonds is 7. The van der Waals surface area contributed by atoms with Gasteiger partial charge in [0.1, 0.15) is 0 Å². The quantitative estimate of drug-likeness (QED) is 0.178. The maximum absolute atomic E-state index is 13.3. The number of aryl methyl sites for hydroxylation is 2. The summed E-state index contributed by atoms with van der Waals surface area (Å²) in [5.41, 5.74) is 3.13. The summed E-state index contributed by atoms with van der Waals surface area (Å²) in [4.78, 5) is 25.2. The number of aromatic nitrogens is 2. The summed E-state index contributed by atoms with van der Waals surface area (Å²) in [7, 11) is 0. The second kappa shape index (κ2) is 10.6. The predicted octanol–water partition coefficient (Wildman–Crippen LogP) is 7.49. The number of carbonyl (C=O) groups is 1. The van der Waals surface area contributed by atoms with E-state index in [9.17, 15) is 4.79 Å². The van der Waals surface area contributed by atoms with Crippen LogP contribution in [0.1, 0.15) is 21.1 Å². The van der Waals surface area contributed by atoms with Gasteiger partial charge in [-0.3, -0.25) is 0 Å². The Morgan fingerprint density at radius 2 is 1.34 bits per heavy atom. The van der Waals surface area contributed by atoms with Crippen molar-refractivity contribution in [2.75, 3.05) is 0 Å². The van der Waals surface area contributed by atoms with Crippen molar-refractivity contribution in [3.63, 3.8) is 0 Å². The van der Waals surface area contributed by atoms with Crippen molar-refractivity contribution in [2.45, 2.75) is 13.8 Å². The van der Waals surface area contributed by atoms with E-state index in [1.807, 2.05) is 98.1 Å². The molecule has 0 fully saturated rings. The zero-order valence-electron chi connectivity index (χ0n) is 20.6. The van der Waals surface area contributed by atoms with E-state index in [0.717, 1.165) is 31.9 Å². The average molecular weight is 595 g/mol. The molecule has 38 heavy (non-hydrogen) atoms. The molecule has 0 saturated heterocycles. The van der Waals surface area contributed by atoms with Gasteiger partial charge < -0.3 is 0 Å². The second-order valence-electron chi connectivity index (χ2n) is 8.63. The Labute approximate surface area is 233 Å². The molecule has 0 aliphatic carbocycles. The van der Waals surface area contributed by atoms with E-state index in [-0.39, 0.29) is 0 Å². The summed E-state index contributed by atoms with van der Waals surface area (Å²) in [5, 5.41) is 3.88. The van der Waals surface area contributed by atoms with E-state index in [1.54, 1.807) is 17.4 Å². The Hall–Kier alpha value is -3.63. The Balaban J connectivity index is 1.35. The molecular weight excluding hydrogens is 574 g/mol. The van der Waals surface area contributed by atoms with Gasteiger partial charge in [0.25, 0.3) is 0 Å². The molecule has 9 heteroatoms. The Bertz CT molecular complexity index is 1680. The first-order chi connectivity index (χ1) is 18.5. The van der Waals surface area contributed by atoms with Crippen molar-refractivity contribution in [1.82, 2.24) is 9.97 Å². The van der Waals surface area contributed by atoms with Crippen molar-refractivity contribution in [3.05, 3.63) is 107 Å². The number of para-hydroxylation sites is 2. The number of hydrogen-bond acceptors (Lipinski definition) is 8. The monoisotopic (exact) mass is 594 g/mol. The van der Waals surface area contributed by atoms with Gasteiger partial charge in [0.05, 0.1) is 0 Å². The molecule has 0 amide bonds. The first kappa shape index (κ1) is 24.7. The minimum atomic E-state index is -3.75. The number of nitrogens with zero attached hydrogens (tertiary/aromatic N) is 2. The van der Waals surface area contributed by atoms with Gasteiger partial charge in [-0.15, -0.1) is 0 Å². The summed E-state index contributed by atoms with van der Waals surface area (Å²) in [6.07, 6.45) is 0. The standard InChI is InChI=1S/2C10H9NO.C9H6O2S2.Ga/c2*1-7-5-6-8-3-2-4-9(12)10(8)11-7;10-9(11)8-4-3-7(13-8)6-2-1-5-12-6;/h2*2-6,12H,1H3;1-5H,(H,10,11);/q;;;+3/p-3. The average Bonchev–Trinajstić information content (AvgIpc) is 3.62. The van der Waals surface area contributed by atoms with Crippen LogP contribution < -0.4 is 7.06 Å². The van der Waals surface area contributed by atoms with Crippen LogP contribution in [0, 0.1) is 13.8 Å². The normalized spacial score (nSPS) is 11.0. The molecule has 0 N–H and O–H groups in total. The van der Waals surface area contributed by atoms with Crippen molar-refractivity contribution in [2.24, 2.45) is 0 Å². The van der Waals surface area contributed by atoms with Crippen molar-refractivity contribution in [3.8, 4) is 21.3 Å². The van der Waals surface area contributed by atoms with Gasteiger partial charge in [0.2, 0.25) is 0 Å². The van der Waals surface area contributed by atoms with Crippen molar-refractivity contribution >= 4 is 67.8 Å². The fourth-order valence-corrected chi connectivity index (χ4v) is 8.56. The van der Waals surface area contributed by atoms with Crippen LogP contribution in [-0.2, 0) is 3.53 Å². The summed E-state index contributed by atoms with van der Waals surface area (Å²) >= 11 is -0.726. The molecule has 4 aromatic heterocycles. The Morgan fingerprint density at radius 3 is 1.92 bits per heavy atom. The van der Waals surface area contributed by atoms with Crippen molar-refractivity contribution in [1.29, 1.82) is 0 Å². The van der Waals surface area contributed by atoms with Crippen LogP contribution >= 0.6 is 22.7 Å². The fourth-order valence-electron chi connectivity index (χ4n) is 4.05. The van der Waals surface area contributed by atoms with Gasteiger partial charge in [-0.25, -0.2) is 0 Å². The third kappa shape index (κ3) is 5.19. The minimum absolute atomic E-state index is 0.462. The molecule has 6 nitrogen and oxygen atoms in total. The molecule has 0 unspecified atom stereocenters. The number of fused-ring (bicyclic) bond motifs is 2. The molecule has 0 bridgehead atoms. The molecule has 2 aromatic carbocycles. The Morgan fingerprint density at radius 1 is 0.711 bits per heavy atom. The molecule has 0 aliphatic heterocycles. The van der Waals surface area contributed by atoms with Gasteiger partial charge in [0, 0.05) is 0 Å². The van der Waals surface area contributed by atoms with E-state index in [4.69, 9.17) is 10.6 Å². The molecular formula is C29H21GaN2O4S2. The zero-order valence-corrected chi connectivity index (χ0v) is 24.6. The van der Waals surface area contributed by atoms with Gasteiger partial charge in [-0.2, -0.15) is 0 Å². The van der Waals surface area contributed by atoms with Crippen LogP contribution in [0.5, 0.6) is 11.5 Å². The van der Waals surface area contributed by atoms with Gasteiger partial charge in [-0.1, -0.05) is 0 Å². The predicted molar refractivity (Wildman–Crippen MR) is 153 cm³/mol. The van der Waals surface area contributed by atoms with E-state index in [2.05, 4.69) is 9.97 Å². The summed E-state index contributed by atoms with van der Waals surface area (Å²) in [6, 6.07) is 27.0. The van der Waals surface area contributed by atoms with Gasteiger partial charge in [-0.05, 0) is 0 Å². The molecule has 6 rings (SSSR count). The molecule has 0 saturated carbocycles. The van der Waals surface area contributed by atoms with Gasteiger partial charge >= 0.3 is 235 Å². The van der Waals surface area contributed by atoms with E-state index in [0.29, 0.717) is 27.4 Å². The summed E-state index contributed by atoms with van der Waals surface area (Å²) < 4.78 is 18.7. The van der Waals surface area contributed by atoms with E-state index >= 15 is 0 Å². The van der Waals surface area contributed by atoms with E-state index in [1.165, 1.54) is 11.3 Å². The molecule has 6 aromatic rings. The van der Waals surface area contributed by atoms with E-state index < -0.39 is 23.3 Å². The SMILES string of the molecule is Cc1ccc2cccc([O][Ga]([O]C(=O)c3ccc(-c4cccs4)s3)[O]c3cccc4ccc(C)nc34)c2n1. The molecule has 4 heterocycles. The number of hydrogen-bond donors (Lipinski definition) is 0. The number of pyridine rings is 2. The first-order valence-corrected chi connectivity index (χ1v) is 16.6. The second-order valence-corrected chi connectivity index (χ2v) is 13.4. The summed E-state index contributed by atoms with van der Waals surface area (Å²) in [5.74, 6) is 0.592. The van der Waals surface area contributed by atoms with Crippen LogP contribution in [0.4, 0.5) is 0 Å². The third-order valence-corrected chi connectivity index (χ3v) is 10.7. The van der Waals surface area contributed by atoms with Crippen LogP contribution in [0.2, 0.25) is 0 Å². The van der Waals surface area contributed by atoms with Crippen LogP contribution in [0.25, 0.3) is 31.6 Å². The molecule has 0 aliphatic rings.